The Hall–Kier alpha value is -3.65. The Morgan fingerprint density at radius 3 is 2.87 bits per heavy atom. The van der Waals surface area contributed by atoms with Gasteiger partial charge >= 0.3 is 0 Å². The van der Waals surface area contributed by atoms with Crippen LogP contribution in [0.5, 0.6) is 5.75 Å². The number of carbonyl (C=O) groups is 1. The van der Waals surface area contributed by atoms with E-state index in [1.165, 1.54) is 16.9 Å². The first-order chi connectivity index (χ1) is 15.0. The van der Waals surface area contributed by atoms with Crippen molar-refractivity contribution in [2.75, 3.05) is 5.32 Å². The maximum absolute atomic E-state index is 13.8. The minimum Gasteiger partial charge on any atom is -0.470 e. The van der Waals surface area contributed by atoms with Crippen molar-refractivity contribution in [1.29, 1.82) is 0 Å². The van der Waals surface area contributed by atoms with E-state index in [9.17, 15) is 9.18 Å². The molecule has 0 fully saturated rings. The van der Waals surface area contributed by atoms with Crippen LogP contribution < -0.4 is 10.1 Å². The number of anilines is 1. The maximum atomic E-state index is 13.8. The van der Waals surface area contributed by atoms with E-state index in [1.54, 1.807) is 47.4 Å². The molecule has 1 N–H and O–H groups in total. The lowest BCUT2D eigenvalue weighted by atomic mass is 10.2. The normalized spacial score (nSPS) is 10.8. The number of carbonyl (C=O) groups excluding carboxylic acids is 1. The van der Waals surface area contributed by atoms with Crippen LogP contribution in [0.25, 0.3) is 0 Å². The topological polar surface area (TPSA) is 74.0 Å². The zero-order valence-corrected chi connectivity index (χ0v) is 17.4. The Morgan fingerprint density at radius 2 is 2.03 bits per heavy atom. The fourth-order valence-corrected chi connectivity index (χ4v) is 3.09. The molecule has 2 heterocycles. The van der Waals surface area contributed by atoms with Crippen molar-refractivity contribution in [3.05, 3.63) is 94.8 Å². The van der Waals surface area contributed by atoms with Gasteiger partial charge in [0.1, 0.15) is 11.6 Å². The van der Waals surface area contributed by atoms with Crippen molar-refractivity contribution in [2.24, 2.45) is 0 Å². The summed E-state index contributed by atoms with van der Waals surface area (Å²) >= 11 is 6.12. The van der Waals surface area contributed by atoms with Crippen molar-refractivity contribution < 1.29 is 13.9 Å². The van der Waals surface area contributed by atoms with Gasteiger partial charge in [0.05, 0.1) is 23.5 Å². The van der Waals surface area contributed by atoms with Gasteiger partial charge in [-0.25, -0.2) is 9.07 Å². The molecule has 0 aliphatic carbocycles. The first-order valence-corrected chi connectivity index (χ1v) is 9.85. The molecule has 0 unspecified atom stereocenters. The highest BCUT2D eigenvalue weighted by Crippen LogP contribution is 2.25. The summed E-state index contributed by atoms with van der Waals surface area (Å²) in [5.74, 6) is -0.147. The highest BCUT2D eigenvalue weighted by atomic mass is 35.5. The van der Waals surface area contributed by atoms with E-state index >= 15 is 0 Å². The van der Waals surface area contributed by atoms with Gasteiger partial charge in [0.15, 0.2) is 12.4 Å². The van der Waals surface area contributed by atoms with E-state index in [4.69, 9.17) is 16.3 Å². The molecule has 0 radical (unpaired) electrons. The highest BCUT2D eigenvalue weighted by molar-refractivity contribution is 6.32. The molecule has 0 bridgehead atoms. The van der Waals surface area contributed by atoms with Crippen molar-refractivity contribution in [3.63, 3.8) is 0 Å². The molecule has 2 aromatic carbocycles. The second-order valence-corrected chi connectivity index (χ2v) is 7.33. The van der Waals surface area contributed by atoms with Crippen molar-refractivity contribution >= 4 is 23.2 Å². The third-order valence-electron chi connectivity index (χ3n) is 4.49. The SMILES string of the molecule is Cc1ccc(Cl)c(OCn2ccc(C(=O)Nc3cnn(Cc4ccccc4F)c3)n2)c1. The Balaban J connectivity index is 1.35. The van der Waals surface area contributed by atoms with E-state index in [1.807, 2.05) is 19.1 Å². The molecule has 2 aromatic heterocycles. The summed E-state index contributed by atoms with van der Waals surface area (Å²) in [7, 11) is 0. The predicted molar refractivity (Wildman–Crippen MR) is 115 cm³/mol. The first-order valence-electron chi connectivity index (χ1n) is 9.47. The molecule has 1 amide bonds. The van der Waals surface area contributed by atoms with Crippen LogP contribution in [0.4, 0.5) is 10.1 Å². The minimum absolute atomic E-state index is 0.108. The van der Waals surface area contributed by atoms with Crippen LogP contribution in [0.1, 0.15) is 21.6 Å². The third kappa shape index (κ3) is 5.10. The van der Waals surface area contributed by atoms with Gasteiger partial charge in [0.25, 0.3) is 5.91 Å². The lowest BCUT2D eigenvalue weighted by Crippen LogP contribution is -2.14. The van der Waals surface area contributed by atoms with Gasteiger partial charge in [-0.15, -0.1) is 0 Å². The van der Waals surface area contributed by atoms with Gasteiger partial charge in [-0.05, 0) is 36.8 Å². The summed E-state index contributed by atoms with van der Waals surface area (Å²) in [5.41, 5.74) is 2.24. The van der Waals surface area contributed by atoms with Crippen LogP contribution in [0.15, 0.2) is 67.1 Å². The van der Waals surface area contributed by atoms with E-state index in [0.717, 1.165) is 5.56 Å². The largest absolute Gasteiger partial charge is 0.470 e. The number of hydrogen-bond acceptors (Lipinski definition) is 4. The average molecular weight is 440 g/mol. The molecule has 0 saturated carbocycles. The number of rotatable bonds is 7. The smallest absolute Gasteiger partial charge is 0.276 e. The molecule has 0 aliphatic rings. The van der Waals surface area contributed by atoms with E-state index in [0.29, 0.717) is 22.0 Å². The number of aryl methyl sites for hydroxylation is 1. The molecule has 0 atom stereocenters. The molecule has 4 rings (SSSR count). The molecular formula is C22H19ClFN5O2. The molecular weight excluding hydrogens is 421 g/mol. The van der Waals surface area contributed by atoms with Gasteiger partial charge in [-0.3, -0.25) is 9.48 Å². The number of ether oxygens (including phenoxy) is 1. The second-order valence-electron chi connectivity index (χ2n) is 6.92. The molecule has 158 valence electrons. The molecule has 0 saturated heterocycles. The highest BCUT2D eigenvalue weighted by Gasteiger charge is 2.12. The van der Waals surface area contributed by atoms with Crippen molar-refractivity contribution in [1.82, 2.24) is 19.6 Å². The van der Waals surface area contributed by atoms with Gasteiger partial charge in [0.2, 0.25) is 0 Å². The monoisotopic (exact) mass is 439 g/mol. The lowest BCUT2D eigenvalue weighted by molar-refractivity contribution is 0.102. The van der Waals surface area contributed by atoms with Crippen molar-refractivity contribution in [3.8, 4) is 5.75 Å². The Morgan fingerprint density at radius 1 is 1.19 bits per heavy atom. The number of aromatic nitrogens is 4. The quantitative estimate of drug-likeness (QED) is 0.459. The minimum atomic E-state index is -0.391. The van der Waals surface area contributed by atoms with Gasteiger partial charge < -0.3 is 10.1 Å². The van der Waals surface area contributed by atoms with Crippen LogP contribution in [-0.4, -0.2) is 25.5 Å². The number of nitrogens with one attached hydrogen (secondary N) is 1. The van der Waals surface area contributed by atoms with E-state index in [-0.39, 0.29) is 24.8 Å². The number of hydrogen-bond donors (Lipinski definition) is 1. The number of amides is 1. The Bertz CT molecular complexity index is 1220. The van der Waals surface area contributed by atoms with Crippen LogP contribution in [0.2, 0.25) is 5.02 Å². The third-order valence-corrected chi connectivity index (χ3v) is 4.81. The standard InChI is InChI=1S/C22H19ClFN5O2/c1-15-6-7-18(23)21(10-15)31-14-28-9-8-20(27-28)22(30)26-17-11-25-29(13-17)12-16-4-2-3-5-19(16)24/h2-11,13H,12,14H2,1H3,(H,26,30). The fourth-order valence-electron chi connectivity index (χ4n) is 2.92. The van der Waals surface area contributed by atoms with E-state index in [2.05, 4.69) is 15.5 Å². The van der Waals surface area contributed by atoms with Crippen LogP contribution in [0, 0.1) is 12.7 Å². The molecule has 7 nitrogen and oxygen atoms in total. The Kier molecular flexibility index (Phi) is 5.99. The second kappa shape index (κ2) is 9.01. The first kappa shape index (κ1) is 20.6. The van der Waals surface area contributed by atoms with Gasteiger partial charge in [-0.1, -0.05) is 35.9 Å². The molecule has 4 aromatic rings. The number of halogens is 2. The van der Waals surface area contributed by atoms with Gasteiger partial charge in [-0.2, -0.15) is 10.2 Å². The number of benzene rings is 2. The number of nitrogens with zero attached hydrogens (tertiary/aromatic N) is 4. The summed E-state index contributed by atoms with van der Waals surface area (Å²) in [6, 6.07) is 13.6. The zero-order chi connectivity index (χ0) is 21.8. The van der Waals surface area contributed by atoms with Crippen LogP contribution >= 0.6 is 11.6 Å². The Labute approximate surface area is 183 Å². The summed E-state index contributed by atoms with van der Waals surface area (Å²) in [5, 5.41) is 11.6. The van der Waals surface area contributed by atoms with Crippen LogP contribution in [-0.2, 0) is 13.3 Å². The molecule has 0 aliphatic heterocycles. The zero-order valence-electron chi connectivity index (χ0n) is 16.6. The average Bonchev–Trinajstić information content (AvgIpc) is 3.40. The fraction of sp³-hybridized carbons (Fsp3) is 0.136. The molecule has 9 heteroatoms. The maximum Gasteiger partial charge on any atom is 0.276 e. The van der Waals surface area contributed by atoms with Crippen molar-refractivity contribution in [2.45, 2.75) is 20.2 Å². The molecule has 0 spiro atoms. The van der Waals surface area contributed by atoms with E-state index < -0.39 is 5.91 Å². The van der Waals surface area contributed by atoms with Crippen LogP contribution in [0.3, 0.4) is 0 Å². The molecule has 31 heavy (non-hydrogen) atoms. The summed E-state index contributed by atoms with van der Waals surface area (Å²) in [6.45, 7) is 2.31. The summed E-state index contributed by atoms with van der Waals surface area (Å²) < 4.78 is 22.5. The lowest BCUT2D eigenvalue weighted by Gasteiger charge is -2.08. The summed E-state index contributed by atoms with van der Waals surface area (Å²) in [6.07, 6.45) is 4.77. The van der Waals surface area contributed by atoms with Gasteiger partial charge in [0, 0.05) is 18.0 Å². The summed E-state index contributed by atoms with van der Waals surface area (Å²) in [4.78, 5) is 12.5. The predicted octanol–water partition coefficient (Wildman–Crippen LogP) is 4.52.